The van der Waals surface area contributed by atoms with Crippen LogP contribution >= 0.6 is 0 Å². The highest BCUT2D eigenvalue weighted by molar-refractivity contribution is 5.97. The molecule has 0 aliphatic carbocycles. The minimum Gasteiger partial charge on any atom is -0.493 e. The number of hydroxylamine groups is 4. The minimum absolute atomic E-state index is 0.0664. The van der Waals surface area contributed by atoms with Crippen molar-refractivity contribution in [2.45, 2.75) is 137 Å². The van der Waals surface area contributed by atoms with Gasteiger partial charge in [0.1, 0.15) is 23.0 Å². The van der Waals surface area contributed by atoms with Crippen molar-refractivity contribution < 1.29 is 75.9 Å². The molecule has 2 heterocycles. The summed E-state index contributed by atoms with van der Waals surface area (Å²) in [4.78, 5) is 139. The first-order chi connectivity index (χ1) is 39.0. The van der Waals surface area contributed by atoms with E-state index in [9.17, 15) is 47.9 Å². The van der Waals surface area contributed by atoms with Crippen molar-refractivity contribution >= 4 is 60.2 Å². The summed E-state index contributed by atoms with van der Waals surface area (Å²) in [5, 5.41) is 12.1. The van der Waals surface area contributed by atoms with Crippen molar-refractivity contribution in [2.24, 2.45) is 23.3 Å². The van der Waals surface area contributed by atoms with E-state index in [1.165, 1.54) is 24.3 Å². The molecule has 0 saturated heterocycles. The van der Waals surface area contributed by atoms with Crippen LogP contribution in [0.5, 0.6) is 11.5 Å². The lowest BCUT2D eigenvalue weighted by molar-refractivity contribution is -0.206. The summed E-state index contributed by atoms with van der Waals surface area (Å²) in [6, 6.07) is 13.5. The van der Waals surface area contributed by atoms with E-state index in [4.69, 9.17) is 39.5 Å². The first-order valence-electron chi connectivity index (χ1n) is 27.3. The standard InChI is InChI=1S/C57H76N8O16/c1-7-13-15-18-38(54(72)60-32-62-56(74)46-28-26-44(78-46)36-22-24-40(52(58)70)48(30-36)76-11-5)42(9-3)64(34-66)80-50(68)20-17-21-51(69)81-65(35-67)43(10-4)39(19-16-14-8-2)55(73)61-33-63-57(75)47-29-27-45(79-47)37-23-25-41(53(59)71)49(31-37)77-12-6/h22-31,34-35,38-39,42-43H,7-21,32-33H2,1-6H3,(H2,58,70)(H2,59,71)(H,60,72)(H,61,73)(H,62,74)(H,63,75)/t38-,39-,42-,43-/m1/s1. The van der Waals surface area contributed by atoms with Gasteiger partial charge in [0.05, 0.1) is 61.6 Å². The minimum atomic E-state index is -0.911. The first kappa shape index (κ1) is 64.8. The Morgan fingerprint density at radius 1 is 0.531 bits per heavy atom. The van der Waals surface area contributed by atoms with E-state index in [-0.39, 0.29) is 92.8 Å². The molecule has 0 bridgehead atoms. The normalized spacial score (nSPS) is 12.3. The lowest BCUT2D eigenvalue weighted by Gasteiger charge is -2.32. The number of benzene rings is 2. The summed E-state index contributed by atoms with van der Waals surface area (Å²) < 4.78 is 22.6. The zero-order valence-corrected chi connectivity index (χ0v) is 46.8. The third-order valence-electron chi connectivity index (χ3n) is 13.1. The smallest absolute Gasteiger partial charge is 0.332 e. The fourth-order valence-electron chi connectivity index (χ4n) is 8.94. The molecule has 8 N–H and O–H groups in total. The van der Waals surface area contributed by atoms with Crippen LogP contribution in [0.2, 0.25) is 0 Å². The molecule has 4 atom stereocenters. The van der Waals surface area contributed by atoms with Gasteiger partial charge < -0.3 is 60.7 Å². The van der Waals surface area contributed by atoms with Crippen LogP contribution in [0.4, 0.5) is 0 Å². The molecule has 2 aromatic carbocycles. The van der Waals surface area contributed by atoms with Gasteiger partial charge in [-0.05, 0) is 94.5 Å². The van der Waals surface area contributed by atoms with E-state index in [0.717, 1.165) is 35.8 Å². The third-order valence-corrected chi connectivity index (χ3v) is 13.1. The Hall–Kier alpha value is -8.70. The number of rotatable bonds is 38. The van der Waals surface area contributed by atoms with Crippen molar-refractivity contribution in [1.82, 2.24) is 31.4 Å². The topological polar surface area (TPSA) is 341 Å². The average Bonchev–Trinajstić information content (AvgIpc) is 4.19. The van der Waals surface area contributed by atoms with Crippen LogP contribution in [-0.2, 0) is 38.4 Å². The van der Waals surface area contributed by atoms with E-state index in [1.54, 1.807) is 64.1 Å². The van der Waals surface area contributed by atoms with Crippen molar-refractivity contribution in [3.05, 3.63) is 83.3 Å². The lowest BCUT2D eigenvalue weighted by Crippen LogP contribution is -2.49. The Balaban J connectivity index is 1.30. The number of carbonyl (C=O) groups is 10. The molecule has 8 amide bonds. The molecule has 4 aromatic rings. The van der Waals surface area contributed by atoms with Crippen LogP contribution in [0.1, 0.15) is 167 Å². The van der Waals surface area contributed by atoms with Crippen LogP contribution in [-0.4, -0.2) is 109 Å². The van der Waals surface area contributed by atoms with Crippen LogP contribution in [0, 0.1) is 11.8 Å². The van der Waals surface area contributed by atoms with Gasteiger partial charge in [-0.15, -0.1) is 0 Å². The number of amides is 8. The van der Waals surface area contributed by atoms with Gasteiger partial charge in [-0.3, -0.25) is 38.4 Å². The Bertz CT molecular complexity index is 2590. The molecule has 81 heavy (non-hydrogen) atoms. The number of nitrogens with one attached hydrogen (secondary N) is 4. The Kier molecular flexibility index (Phi) is 26.9. The maximum Gasteiger partial charge on any atom is 0.332 e. The molecular formula is C57H76N8O16. The van der Waals surface area contributed by atoms with Crippen molar-refractivity contribution in [3.63, 3.8) is 0 Å². The largest absolute Gasteiger partial charge is 0.493 e. The number of nitrogens with two attached hydrogens (primary N) is 2. The molecule has 440 valence electrons. The van der Waals surface area contributed by atoms with Crippen LogP contribution in [0.3, 0.4) is 0 Å². The Morgan fingerprint density at radius 3 is 1.26 bits per heavy atom. The maximum atomic E-state index is 13.7. The predicted molar refractivity (Wildman–Crippen MR) is 294 cm³/mol. The van der Waals surface area contributed by atoms with Gasteiger partial charge in [-0.1, -0.05) is 78.4 Å². The molecule has 0 aliphatic heterocycles. The molecule has 24 nitrogen and oxygen atoms in total. The molecule has 0 spiro atoms. The summed E-state index contributed by atoms with van der Waals surface area (Å²) in [5.74, 6) is -6.18. The van der Waals surface area contributed by atoms with Gasteiger partial charge in [-0.25, -0.2) is 9.59 Å². The van der Waals surface area contributed by atoms with Gasteiger partial charge >= 0.3 is 11.9 Å². The molecule has 0 saturated carbocycles. The SMILES string of the molecule is CCCCC[C@@H](C(=O)NCNC(=O)c1ccc(-c2ccc(C(N)=O)c(OCC)c2)o1)[C@@H](CC)N(C=O)OC(=O)CCCC(=O)ON(C=O)[C@H](CC)[C@@H](CCCCC)C(=O)NCNC(=O)c1ccc(-c2ccc(C(N)=O)c(OCC)c2)o1. The van der Waals surface area contributed by atoms with Gasteiger partial charge in [0.2, 0.25) is 24.6 Å². The zero-order chi connectivity index (χ0) is 59.4. The molecule has 0 aliphatic rings. The fraction of sp³-hybridized carbons (Fsp3) is 0.474. The molecule has 0 radical (unpaired) electrons. The van der Waals surface area contributed by atoms with Crippen LogP contribution < -0.4 is 42.2 Å². The fourth-order valence-corrected chi connectivity index (χ4v) is 8.94. The van der Waals surface area contributed by atoms with E-state index in [1.807, 2.05) is 13.8 Å². The zero-order valence-electron chi connectivity index (χ0n) is 46.8. The number of ether oxygens (including phenoxy) is 2. The van der Waals surface area contributed by atoms with E-state index in [0.29, 0.717) is 61.2 Å². The number of unbranched alkanes of at least 4 members (excludes halogenated alkanes) is 4. The second kappa shape index (κ2) is 33.7. The average molecular weight is 1130 g/mol. The number of furan rings is 2. The highest BCUT2D eigenvalue weighted by atomic mass is 16.7. The highest BCUT2D eigenvalue weighted by Gasteiger charge is 2.35. The number of hydrogen-bond donors (Lipinski definition) is 6. The van der Waals surface area contributed by atoms with Crippen LogP contribution in [0.25, 0.3) is 22.6 Å². The summed E-state index contributed by atoms with van der Waals surface area (Å²) in [7, 11) is 0. The Morgan fingerprint density at radius 2 is 0.926 bits per heavy atom. The molecule has 0 unspecified atom stereocenters. The number of primary amides is 2. The second-order valence-electron chi connectivity index (χ2n) is 18.7. The Labute approximate surface area is 470 Å². The van der Waals surface area contributed by atoms with Crippen molar-refractivity contribution in [3.8, 4) is 34.1 Å². The predicted octanol–water partition coefficient (Wildman–Crippen LogP) is 6.46. The summed E-state index contributed by atoms with van der Waals surface area (Å²) >= 11 is 0. The van der Waals surface area contributed by atoms with E-state index >= 15 is 0 Å². The molecule has 2 aromatic heterocycles. The van der Waals surface area contributed by atoms with Crippen LogP contribution in [0.15, 0.2) is 69.5 Å². The first-order valence-corrected chi connectivity index (χ1v) is 27.3. The summed E-state index contributed by atoms with van der Waals surface area (Å²) in [6.45, 7) is 10.8. The van der Waals surface area contributed by atoms with Gasteiger partial charge in [0.25, 0.3) is 23.6 Å². The number of nitrogens with zero attached hydrogens (tertiary/aromatic N) is 2. The van der Waals surface area contributed by atoms with Gasteiger partial charge in [0.15, 0.2) is 11.5 Å². The lowest BCUT2D eigenvalue weighted by atomic mass is 9.90. The van der Waals surface area contributed by atoms with Crippen molar-refractivity contribution in [1.29, 1.82) is 0 Å². The van der Waals surface area contributed by atoms with Crippen molar-refractivity contribution in [2.75, 3.05) is 26.6 Å². The molecular weight excluding hydrogens is 1050 g/mol. The number of hydrogen-bond acceptors (Lipinski definition) is 16. The molecule has 4 rings (SSSR count). The quantitative estimate of drug-likeness (QED) is 0.0121. The molecule has 0 fully saturated rings. The van der Waals surface area contributed by atoms with Gasteiger partial charge in [0, 0.05) is 24.0 Å². The van der Waals surface area contributed by atoms with E-state index < -0.39 is 71.3 Å². The highest BCUT2D eigenvalue weighted by Crippen LogP contribution is 2.31. The third kappa shape index (κ3) is 19.3. The number of carbonyl (C=O) groups excluding carboxylic acids is 10. The second-order valence-corrected chi connectivity index (χ2v) is 18.7. The molecule has 24 heteroatoms. The monoisotopic (exact) mass is 1130 g/mol. The van der Waals surface area contributed by atoms with Gasteiger partial charge in [-0.2, -0.15) is 10.1 Å². The summed E-state index contributed by atoms with van der Waals surface area (Å²) in [5.41, 5.74) is 12.3. The maximum absolute atomic E-state index is 13.7. The summed E-state index contributed by atoms with van der Waals surface area (Å²) in [6.07, 6.45) is 5.18. The van der Waals surface area contributed by atoms with E-state index in [2.05, 4.69) is 21.3 Å².